The quantitative estimate of drug-likeness (QED) is 0.365. The van der Waals surface area contributed by atoms with Gasteiger partial charge in [0.05, 0.1) is 37.3 Å². The van der Waals surface area contributed by atoms with Crippen molar-refractivity contribution < 1.29 is 23.5 Å². The van der Waals surface area contributed by atoms with E-state index in [0.29, 0.717) is 49.3 Å². The number of nitrogens with zero attached hydrogens (tertiary/aromatic N) is 4. The maximum atomic E-state index is 12.8. The third kappa shape index (κ3) is 5.22. The molecule has 1 aromatic carbocycles. The summed E-state index contributed by atoms with van der Waals surface area (Å²) >= 11 is 1.32. The first-order valence-electron chi connectivity index (χ1n) is 10.8. The van der Waals surface area contributed by atoms with Crippen LogP contribution in [0.5, 0.6) is 5.75 Å². The second-order valence-corrected chi connectivity index (χ2v) is 8.46. The molecule has 1 saturated heterocycles. The zero-order valence-electron chi connectivity index (χ0n) is 18.6. The number of hydrogen-bond acceptors (Lipinski definition) is 8. The molecule has 0 aliphatic carbocycles. The topological polar surface area (TPSA) is 99.7 Å². The molecule has 33 heavy (non-hydrogen) atoms. The lowest BCUT2D eigenvalue weighted by atomic mass is 9.97. The molecule has 10 heteroatoms. The van der Waals surface area contributed by atoms with E-state index in [2.05, 4.69) is 10.2 Å². The number of carbonyl (C=O) groups excluding carboxylic acids is 2. The Hall–Kier alpha value is -3.27. The van der Waals surface area contributed by atoms with Gasteiger partial charge in [0.2, 0.25) is 11.7 Å². The number of likely N-dealkylation sites (tertiary alicyclic amines) is 1. The van der Waals surface area contributed by atoms with Crippen LogP contribution < -0.4 is 4.74 Å². The van der Waals surface area contributed by atoms with Crippen LogP contribution in [-0.2, 0) is 14.3 Å². The van der Waals surface area contributed by atoms with Crippen LogP contribution >= 0.6 is 11.8 Å². The molecule has 0 saturated carbocycles. The van der Waals surface area contributed by atoms with E-state index in [1.165, 1.54) is 11.8 Å². The molecule has 1 fully saturated rings. The molecule has 174 valence electrons. The molecule has 0 bridgehead atoms. The molecule has 1 aliphatic rings. The van der Waals surface area contributed by atoms with Crippen molar-refractivity contribution in [1.82, 2.24) is 19.7 Å². The Morgan fingerprint density at radius 1 is 1.15 bits per heavy atom. The summed E-state index contributed by atoms with van der Waals surface area (Å²) in [5.74, 6) is 1.80. The number of aromatic nitrogens is 3. The van der Waals surface area contributed by atoms with E-state index in [4.69, 9.17) is 13.9 Å². The highest BCUT2D eigenvalue weighted by molar-refractivity contribution is 7.99. The number of methoxy groups -OCH3 is 1. The molecule has 0 spiro atoms. The van der Waals surface area contributed by atoms with Gasteiger partial charge in [-0.05, 0) is 56.2 Å². The van der Waals surface area contributed by atoms with Crippen LogP contribution in [0.15, 0.2) is 52.2 Å². The lowest BCUT2D eigenvalue weighted by molar-refractivity contribution is -0.151. The number of esters is 1. The zero-order valence-corrected chi connectivity index (χ0v) is 19.4. The van der Waals surface area contributed by atoms with Crippen molar-refractivity contribution in [2.45, 2.75) is 24.9 Å². The number of thioether (sulfide) groups is 1. The lowest BCUT2D eigenvalue weighted by Crippen LogP contribution is -2.41. The van der Waals surface area contributed by atoms with Crippen LogP contribution in [-0.4, -0.2) is 64.1 Å². The monoisotopic (exact) mass is 470 g/mol. The van der Waals surface area contributed by atoms with Crippen LogP contribution in [0.2, 0.25) is 0 Å². The summed E-state index contributed by atoms with van der Waals surface area (Å²) in [6, 6.07) is 11.1. The van der Waals surface area contributed by atoms with Gasteiger partial charge in [0.15, 0.2) is 10.9 Å². The van der Waals surface area contributed by atoms with E-state index < -0.39 is 0 Å². The van der Waals surface area contributed by atoms with Gasteiger partial charge in [0, 0.05) is 13.1 Å². The largest absolute Gasteiger partial charge is 0.497 e. The summed E-state index contributed by atoms with van der Waals surface area (Å²) in [5, 5.41) is 9.21. The predicted molar refractivity (Wildman–Crippen MR) is 122 cm³/mol. The molecular weight excluding hydrogens is 444 g/mol. The van der Waals surface area contributed by atoms with Gasteiger partial charge in [0.25, 0.3) is 0 Å². The Labute approximate surface area is 196 Å². The smallest absolute Gasteiger partial charge is 0.309 e. The fourth-order valence-electron chi connectivity index (χ4n) is 3.74. The molecule has 1 amide bonds. The maximum absolute atomic E-state index is 12.8. The standard InChI is InChI=1S/C23H26N4O5S/c1-3-31-22(29)16-10-12-26(13-11-16)20(28)15-33-23-25-24-21(19-5-4-14-32-19)27(23)17-6-8-18(30-2)9-7-17/h4-9,14,16H,3,10-13,15H2,1-2H3. The Bertz CT molecular complexity index is 1070. The molecule has 2 aromatic heterocycles. The second-order valence-electron chi connectivity index (χ2n) is 7.51. The van der Waals surface area contributed by atoms with Crippen molar-refractivity contribution in [2.75, 3.05) is 32.6 Å². The molecule has 0 N–H and O–H groups in total. The predicted octanol–water partition coefficient (Wildman–Crippen LogP) is 3.43. The Morgan fingerprint density at radius 2 is 1.91 bits per heavy atom. The average molecular weight is 471 g/mol. The number of rotatable bonds is 8. The third-order valence-corrected chi connectivity index (χ3v) is 6.41. The first-order valence-corrected chi connectivity index (χ1v) is 11.8. The van der Waals surface area contributed by atoms with Crippen molar-refractivity contribution in [3.05, 3.63) is 42.7 Å². The van der Waals surface area contributed by atoms with Crippen LogP contribution in [0.25, 0.3) is 17.3 Å². The maximum Gasteiger partial charge on any atom is 0.309 e. The normalized spacial score (nSPS) is 14.3. The summed E-state index contributed by atoms with van der Waals surface area (Å²) in [4.78, 5) is 26.6. The number of furan rings is 1. The number of piperidine rings is 1. The molecule has 0 unspecified atom stereocenters. The van der Waals surface area contributed by atoms with Crippen molar-refractivity contribution in [3.63, 3.8) is 0 Å². The molecule has 0 atom stereocenters. The third-order valence-electron chi connectivity index (χ3n) is 5.50. The molecule has 1 aliphatic heterocycles. The number of ether oxygens (including phenoxy) is 2. The van der Waals surface area contributed by atoms with E-state index in [1.807, 2.05) is 34.9 Å². The number of hydrogen-bond donors (Lipinski definition) is 0. The van der Waals surface area contributed by atoms with E-state index in [0.717, 1.165) is 11.4 Å². The zero-order chi connectivity index (χ0) is 23.2. The van der Waals surface area contributed by atoms with Gasteiger partial charge in [-0.15, -0.1) is 10.2 Å². The first kappa shape index (κ1) is 22.9. The molecule has 0 radical (unpaired) electrons. The minimum atomic E-state index is -0.169. The highest BCUT2D eigenvalue weighted by Gasteiger charge is 2.28. The van der Waals surface area contributed by atoms with Crippen LogP contribution in [0.3, 0.4) is 0 Å². The van der Waals surface area contributed by atoms with Gasteiger partial charge in [-0.1, -0.05) is 11.8 Å². The summed E-state index contributed by atoms with van der Waals surface area (Å²) in [6.07, 6.45) is 2.83. The molecule has 3 heterocycles. The van der Waals surface area contributed by atoms with Crippen molar-refractivity contribution >= 4 is 23.6 Å². The molecule has 9 nitrogen and oxygen atoms in total. The highest BCUT2D eigenvalue weighted by atomic mass is 32.2. The van der Waals surface area contributed by atoms with Crippen LogP contribution in [0, 0.1) is 5.92 Å². The van der Waals surface area contributed by atoms with Crippen LogP contribution in [0.1, 0.15) is 19.8 Å². The van der Waals surface area contributed by atoms with Crippen molar-refractivity contribution in [1.29, 1.82) is 0 Å². The number of carbonyl (C=O) groups is 2. The minimum absolute atomic E-state index is 0.00568. The first-order chi connectivity index (χ1) is 16.1. The molecule has 4 rings (SSSR count). The molecule has 3 aromatic rings. The summed E-state index contributed by atoms with van der Waals surface area (Å²) in [6.45, 7) is 3.27. The van der Waals surface area contributed by atoms with Crippen molar-refractivity contribution in [2.24, 2.45) is 5.92 Å². The Kier molecular flexibility index (Phi) is 7.33. The van der Waals surface area contributed by atoms with Gasteiger partial charge in [-0.2, -0.15) is 0 Å². The van der Waals surface area contributed by atoms with E-state index in [1.54, 1.807) is 31.3 Å². The summed E-state index contributed by atoms with van der Waals surface area (Å²) in [5.41, 5.74) is 0.831. The van der Waals surface area contributed by atoms with Crippen LogP contribution in [0.4, 0.5) is 0 Å². The van der Waals surface area contributed by atoms with Gasteiger partial charge >= 0.3 is 5.97 Å². The fraction of sp³-hybridized carbons (Fsp3) is 0.391. The van der Waals surface area contributed by atoms with Gasteiger partial charge in [-0.25, -0.2) is 0 Å². The highest BCUT2D eigenvalue weighted by Crippen LogP contribution is 2.29. The average Bonchev–Trinajstić information content (AvgIpc) is 3.53. The summed E-state index contributed by atoms with van der Waals surface area (Å²) in [7, 11) is 1.62. The fourth-order valence-corrected chi connectivity index (χ4v) is 4.59. The van der Waals surface area contributed by atoms with E-state index in [-0.39, 0.29) is 23.5 Å². The number of amides is 1. The Morgan fingerprint density at radius 3 is 2.55 bits per heavy atom. The van der Waals surface area contributed by atoms with Gasteiger partial charge < -0.3 is 18.8 Å². The van der Waals surface area contributed by atoms with E-state index >= 15 is 0 Å². The number of benzene rings is 1. The Balaban J connectivity index is 1.46. The SMILES string of the molecule is CCOC(=O)C1CCN(C(=O)CSc2nnc(-c3ccco3)n2-c2ccc(OC)cc2)CC1. The second kappa shape index (κ2) is 10.6. The van der Waals surface area contributed by atoms with E-state index in [9.17, 15) is 9.59 Å². The lowest BCUT2D eigenvalue weighted by Gasteiger charge is -2.30. The molecular formula is C23H26N4O5S. The van der Waals surface area contributed by atoms with Crippen molar-refractivity contribution in [3.8, 4) is 23.0 Å². The van der Waals surface area contributed by atoms with Gasteiger partial charge in [-0.3, -0.25) is 14.2 Å². The van der Waals surface area contributed by atoms with Gasteiger partial charge in [0.1, 0.15) is 5.75 Å². The minimum Gasteiger partial charge on any atom is -0.497 e. The summed E-state index contributed by atoms with van der Waals surface area (Å²) < 4.78 is 17.8.